The molecular formula is C18H16ClN3. The summed E-state index contributed by atoms with van der Waals surface area (Å²) in [6.45, 7) is 4.12. The zero-order valence-electron chi connectivity index (χ0n) is 12.5. The number of aromatic nitrogens is 2. The summed E-state index contributed by atoms with van der Waals surface area (Å²) in [6, 6.07) is 16.5. The fourth-order valence-electron chi connectivity index (χ4n) is 3.03. The molecule has 0 amide bonds. The van der Waals surface area contributed by atoms with Crippen molar-refractivity contribution in [3.63, 3.8) is 0 Å². The molecule has 4 rings (SSSR count). The average molecular weight is 310 g/mol. The molecule has 0 saturated carbocycles. The van der Waals surface area contributed by atoms with Gasteiger partial charge in [-0.2, -0.15) is 5.10 Å². The van der Waals surface area contributed by atoms with Crippen LogP contribution in [0.1, 0.15) is 23.0 Å². The van der Waals surface area contributed by atoms with Gasteiger partial charge in [-0.3, -0.25) is 0 Å². The molecule has 0 bridgehead atoms. The van der Waals surface area contributed by atoms with Crippen LogP contribution in [0.5, 0.6) is 0 Å². The fourth-order valence-corrected chi connectivity index (χ4v) is 3.26. The van der Waals surface area contributed by atoms with Crippen molar-refractivity contribution in [3.05, 3.63) is 70.4 Å². The van der Waals surface area contributed by atoms with E-state index in [0.29, 0.717) is 0 Å². The third kappa shape index (κ3) is 2.01. The van der Waals surface area contributed by atoms with E-state index in [1.54, 1.807) is 0 Å². The van der Waals surface area contributed by atoms with Gasteiger partial charge in [0, 0.05) is 21.8 Å². The van der Waals surface area contributed by atoms with Gasteiger partial charge in [0.15, 0.2) is 0 Å². The Morgan fingerprint density at radius 3 is 2.73 bits per heavy atom. The monoisotopic (exact) mass is 309 g/mol. The van der Waals surface area contributed by atoms with E-state index >= 15 is 0 Å². The lowest BCUT2D eigenvalue weighted by atomic mass is 10.0. The fraction of sp³-hybridized carbons (Fsp3) is 0.167. The molecule has 3 nitrogen and oxygen atoms in total. The van der Waals surface area contributed by atoms with Crippen molar-refractivity contribution in [1.82, 2.24) is 9.78 Å². The molecule has 1 aromatic heterocycles. The predicted octanol–water partition coefficient (Wildman–Crippen LogP) is 4.79. The molecule has 110 valence electrons. The maximum Gasteiger partial charge on any atom is 0.148 e. The standard InChI is InChI=1S/C18H16ClN3/c1-11-7-8-16-14(9-11)17-10-12(2)21-22(17)18(20-16)13-5-3-4-6-15(13)19/h3-10,18,20H,1-2H3. The number of halogens is 1. The van der Waals surface area contributed by atoms with Crippen molar-refractivity contribution in [2.24, 2.45) is 0 Å². The molecule has 1 atom stereocenters. The summed E-state index contributed by atoms with van der Waals surface area (Å²) in [6.07, 6.45) is -0.0902. The van der Waals surface area contributed by atoms with Crippen LogP contribution in [0.2, 0.25) is 5.02 Å². The SMILES string of the molecule is Cc1ccc2c(c1)-c1cc(C)nn1C(c1ccccc1Cl)N2. The number of hydrogen-bond acceptors (Lipinski definition) is 2. The van der Waals surface area contributed by atoms with Crippen molar-refractivity contribution < 1.29 is 0 Å². The summed E-state index contributed by atoms with van der Waals surface area (Å²) < 4.78 is 2.03. The topological polar surface area (TPSA) is 29.9 Å². The van der Waals surface area contributed by atoms with E-state index in [1.165, 1.54) is 11.1 Å². The molecule has 1 aliphatic heterocycles. The van der Waals surface area contributed by atoms with Crippen molar-refractivity contribution >= 4 is 17.3 Å². The Bertz CT molecular complexity index is 867. The van der Waals surface area contributed by atoms with Gasteiger partial charge in [-0.15, -0.1) is 0 Å². The first-order chi connectivity index (χ1) is 10.6. The van der Waals surface area contributed by atoms with Crippen LogP contribution in [0.25, 0.3) is 11.3 Å². The lowest BCUT2D eigenvalue weighted by Gasteiger charge is -2.30. The lowest BCUT2D eigenvalue weighted by Crippen LogP contribution is -2.26. The molecular weight excluding hydrogens is 294 g/mol. The molecule has 0 spiro atoms. The van der Waals surface area contributed by atoms with E-state index in [9.17, 15) is 0 Å². The van der Waals surface area contributed by atoms with Gasteiger partial charge in [0.25, 0.3) is 0 Å². The molecule has 2 aromatic carbocycles. The van der Waals surface area contributed by atoms with Crippen molar-refractivity contribution in [2.45, 2.75) is 20.0 Å². The molecule has 1 unspecified atom stereocenters. The highest BCUT2D eigenvalue weighted by Crippen LogP contribution is 2.40. The van der Waals surface area contributed by atoms with Gasteiger partial charge >= 0.3 is 0 Å². The molecule has 0 aliphatic carbocycles. The second-order valence-electron chi connectivity index (χ2n) is 5.73. The van der Waals surface area contributed by atoms with Gasteiger partial charge in [0.05, 0.1) is 11.4 Å². The quantitative estimate of drug-likeness (QED) is 0.700. The number of aryl methyl sites for hydroxylation is 2. The van der Waals surface area contributed by atoms with Crippen LogP contribution in [-0.4, -0.2) is 9.78 Å². The van der Waals surface area contributed by atoms with Crippen LogP contribution >= 0.6 is 11.6 Å². The van der Waals surface area contributed by atoms with Crippen molar-refractivity contribution in [2.75, 3.05) is 5.32 Å². The summed E-state index contributed by atoms with van der Waals surface area (Å²) >= 11 is 6.40. The minimum atomic E-state index is -0.0902. The lowest BCUT2D eigenvalue weighted by molar-refractivity contribution is 0.571. The Hall–Kier alpha value is -2.26. The Morgan fingerprint density at radius 2 is 1.91 bits per heavy atom. The van der Waals surface area contributed by atoms with Gasteiger partial charge in [0.1, 0.15) is 6.17 Å². The largest absolute Gasteiger partial charge is 0.359 e. The summed E-state index contributed by atoms with van der Waals surface area (Å²) in [5.41, 5.74) is 6.69. The molecule has 1 N–H and O–H groups in total. The second kappa shape index (κ2) is 4.89. The highest BCUT2D eigenvalue weighted by atomic mass is 35.5. The molecule has 0 radical (unpaired) electrons. The van der Waals surface area contributed by atoms with Gasteiger partial charge in [-0.05, 0) is 38.1 Å². The van der Waals surface area contributed by atoms with E-state index in [-0.39, 0.29) is 6.17 Å². The number of fused-ring (bicyclic) bond motifs is 3. The predicted molar refractivity (Wildman–Crippen MR) is 90.4 cm³/mol. The van der Waals surface area contributed by atoms with Crippen LogP contribution in [0, 0.1) is 13.8 Å². The number of anilines is 1. The molecule has 0 fully saturated rings. The number of nitrogens with one attached hydrogen (secondary N) is 1. The number of benzene rings is 2. The maximum atomic E-state index is 6.40. The van der Waals surface area contributed by atoms with Gasteiger partial charge in [0.2, 0.25) is 0 Å². The summed E-state index contributed by atoms with van der Waals surface area (Å²) in [5.74, 6) is 0. The zero-order valence-corrected chi connectivity index (χ0v) is 13.2. The van der Waals surface area contributed by atoms with E-state index in [1.807, 2.05) is 35.9 Å². The highest BCUT2D eigenvalue weighted by Gasteiger charge is 2.27. The third-order valence-corrected chi connectivity index (χ3v) is 4.39. The Labute approximate surface area is 134 Å². The smallest absolute Gasteiger partial charge is 0.148 e. The molecule has 2 heterocycles. The minimum Gasteiger partial charge on any atom is -0.359 e. The molecule has 1 aliphatic rings. The van der Waals surface area contributed by atoms with Crippen molar-refractivity contribution in [1.29, 1.82) is 0 Å². The normalized spacial score (nSPS) is 15.9. The summed E-state index contributed by atoms with van der Waals surface area (Å²) in [7, 11) is 0. The van der Waals surface area contributed by atoms with E-state index in [0.717, 1.165) is 27.7 Å². The molecule has 22 heavy (non-hydrogen) atoms. The minimum absolute atomic E-state index is 0.0902. The van der Waals surface area contributed by atoms with E-state index in [4.69, 9.17) is 11.6 Å². The highest BCUT2D eigenvalue weighted by molar-refractivity contribution is 6.31. The average Bonchev–Trinajstić information content (AvgIpc) is 2.89. The Balaban J connectivity index is 1.94. The van der Waals surface area contributed by atoms with Crippen LogP contribution in [0.15, 0.2) is 48.5 Å². The first kappa shape index (κ1) is 13.4. The van der Waals surface area contributed by atoms with Crippen molar-refractivity contribution in [3.8, 4) is 11.3 Å². The van der Waals surface area contributed by atoms with Crippen LogP contribution in [0.4, 0.5) is 5.69 Å². The number of rotatable bonds is 1. The molecule has 0 saturated heterocycles. The molecule has 3 aromatic rings. The van der Waals surface area contributed by atoms with Crippen LogP contribution in [0.3, 0.4) is 0 Å². The maximum absolute atomic E-state index is 6.40. The van der Waals surface area contributed by atoms with Crippen LogP contribution in [-0.2, 0) is 0 Å². The van der Waals surface area contributed by atoms with Gasteiger partial charge in [-0.1, -0.05) is 41.4 Å². The Kier molecular flexibility index (Phi) is 2.98. The van der Waals surface area contributed by atoms with Gasteiger partial charge < -0.3 is 5.32 Å². The summed E-state index contributed by atoms with van der Waals surface area (Å²) in [4.78, 5) is 0. The first-order valence-electron chi connectivity index (χ1n) is 7.31. The first-order valence-corrected chi connectivity index (χ1v) is 7.69. The van der Waals surface area contributed by atoms with E-state index < -0.39 is 0 Å². The van der Waals surface area contributed by atoms with Gasteiger partial charge in [-0.25, -0.2) is 4.68 Å². The Morgan fingerprint density at radius 1 is 1.09 bits per heavy atom. The number of nitrogens with zero attached hydrogens (tertiary/aromatic N) is 2. The van der Waals surface area contributed by atoms with E-state index in [2.05, 4.69) is 41.6 Å². The third-order valence-electron chi connectivity index (χ3n) is 4.05. The zero-order chi connectivity index (χ0) is 15.3. The summed E-state index contributed by atoms with van der Waals surface area (Å²) in [5, 5.41) is 8.99. The molecule has 4 heteroatoms. The number of hydrogen-bond donors (Lipinski definition) is 1. The van der Waals surface area contributed by atoms with Crippen LogP contribution < -0.4 is 5.32 Å². The second-order valence-corrected chi connectivity index (χ2v) is 6.14.